The Kier molecular flexibility index (Phi) is 9.90. The van der Waals surface area contributed by atoms with Gasteiger partial charge >= 0.3 is 0 Å². The van der Waals surface area contributed by atoms with Crippen LogP contribution in [0.2, 0.25) is 0 Å². The van der Waals surface area contributed by atoms with Crippen molar-refractivity contribution >= 4 is 17.7 Å². The number of aryl methyl sites for hydroxylation is 2. The summed E-state index contributed by atoms with van der Waals surface area (Å²) in [5.41, 5.74) is 7.33. The maximum atomic E-state index is 6.07. The zero-order valence-corrected chi connectivity index (χ0v) is 20.5. The van der Waals surface area contributed by atoms with Crippen molar-refractivity contribution in [3.63, 3.8) is 0 Å². The third-order valence-electron chi connectivity index (χ3n) is 5.67. The van der Waals surface area contributed by atoms with Crippen LogP contribution in [-0.4, -0.2) is 73.6 Å². The minimum atomic E-state index is 0.591. The number of morpholine rings is 1. The van der Waals surface area contributed by atoms with Gasteiger partial charge in [0.25, 0.3) is 0 Å². The third kappa shape index (κ3) is 7.98. The molecule has 2 aromatic rings. The minimum absolute atomic E-state index is 0.591. The fourth-order valence-electron chi connectivity index (χ4n) is 3.70. The van der Waals surface area contributed by atoms with E-state index < -0.39 is 0 Å². The Balaban J connectivity index is 1.72. The van der Waals surface area contributed by atoms with Crippen LogP contribution in [0.15, 0.2) is 29.5 Å². The number of pyridine rings is 2. The standard InChI is InChI=1S/C25H38N6O2/c1-5-7-31(8-6-2)23-16-24(29-27-19-22-15-20(3)21(4)18-26-22)28-25(17-23)33-14-11-30-9-12-32-13-10-30/h15-19H,5-14H2,1-4H3,(H,28,29)/b27-19+. The molecule has 1 fully saturated rings. The van der Waals surface area contributed by atoms with Gasteiger partial charge in [-0.1, -0.05) is 13.8 Å². The Morgan fingerprint density at radius 2 is 1.88 bits per heavy atom. The highest BCUT2D eigenvalue weighted by Gasteiger charge is 2.12. The first-order chi connectivity index (χ1) is 16.1. The molecule has 0 atom stereocenters. The molecule has 0 unspecified atom stereocenters. The van der Waals surface area contributed by atoms with E-state index in [1.807, 2.05) is 24.4 Å². The molecule has 0 spiro atoms. The first kappa shape index (κ1) is 24.9. The molecule has 0 aromatic carbocycles. The summed E-state index contributed by atoms with van der Waals surface area (Å²) in [6, 6.07) is 6.09. The summed E-state index contributed by atoms with van der Waals surface area (Å²) in [4.78, 5) is 13.8. The number of rotatable bonds is 12. The van der Waals surface area contributed by atoms with Crippen LogP contribution < -0.4 is 15.1 Å². The Hall–Kier alpha value is -2.71. The van der Waals surface area contributed by atoms with Crippen molar-refractivity contribution < 1.29 is 9.47 Å². The number of aromatic nitrogens is 2. The van der Waals surface area contributed by atoms with Crippen LogP contribution in [0.25, 0.3) is 0 Å². The van der Waals surface area contributed by atoms with Gasteiger partial charge in [0.2, 0.25) is 5.88 Å². The van der Waals surface area contributed by atoms with Gasteiger partial charge in [0.05, 0.1) is 25.1 Å². The van der Waals surface area contributed by atoms with Crippen LogP contribution in [0.3, 0.4) is 0 Å². The fourth-order valence-corrected chi connectivity index (χ4v) is 3.70. The zero-order chi connectivity index (χ0) is 23.5. The van der Waals surface area contributed by atoms with E-state index in [0.29, 0.717) is 18.3 Å². The fraction of sp³-hybridized carbons (Fsp3) is 0.560. The van der Waals surface area contributed by atoms with E-state index in [-0.39, 0.29) is 0 Å². The number of ether oxygens (including phenoxy) is 2. The molecule has 0 radical (unpaired) electrons. The first-order valence-corrected chi connectivity index (χ1v) is 12.0. The predicted molar refractivity (Wildman–Crippen MR) is 135 cm³/mol. The van der Waals surface area contributed by atoms with Crippen molar-refractivity contribution in [1.82, 2.24) is 14.9 Å². The SMILES string of the molecule is CCCN(CCC)c1cc(N/N=C/c2cc(C)c(C)cn2)nc(OCCN2CCOCC2)c1. The predicted octanol–water partition coefficient (Wildman–Crippen LogP) is 3.88. The smallest absolute Gasteiger partial charge is 0.217 e. The van der Waals surface area contributed by atoms with E-state index in [9.17, 15) is 0 Å². The van der Waals surface area contributed by atoms with Crippen LogP contribution in [0.1, 0.15) is 43.5 Å². The Morgan fingerprint density at radius 3 is 2.58 bits per heavy atom. The van der Waals surface area contributed by atoms with Gasteiger partial charge in [-0.3, -0.25) is 15.3 Å². The summed E-state index contributed by atoms with van der Waals surface area (Å²) in [7, 11) is 0. The molecular formula is C25H38N6O2. The largest absolute Gasteiger partial charge is 0.476 e. The molecule has 1 aliphatic rings. The minimum Gasteiger partial charge on any atom is -0.476 e. The van der Waals surface area contributed by atoms with Crippen molar-refractivity contribution in [3.8, 4) is 5.88 Å². The van der Waals surface area contributed by atoms with E-state index in [0.717, 1.165) is 70.2 Å². The molecule has 0 bridgehead atoms. The van der Waals surface area contributed by atoms with Gasteiger partial charge in [0, 0.05) is 56.7 Å². The summed E-state index contributed by atoms with van der Waals surface area (Å²) in [5.74, 6) is 1.27. The third-order valence-corrected chi connectivity index (χ3v) is 5.67. The molecule has 8 heteroatoms. The van der Waals surface area contributed by atoms with E-state index >= 15 is 0 Å². The molecule has 3 heterocycles. The van der Waals surface area contributed by atoms with Crippen LogP contribution in [0.4, 0.5) is 11.5 Å². The topological polar surface area (TPSA) is 75.1 Å². The summed E-state index contributed by atoms with van der Waals surface area (Å²) in [5, 5.41) is 4.37. The number of hydrogen-bond donors (Lipinski definition) is 1. The van der Waals surface area contributed by atoms with Gasteiger partial charge in [-0.2, -0.15) is 10.1 Å². The van der Waals surface area contributed by atoms with Gasteiger partial charge in [-0.15, -0.1) is 0 Å². The van der Waals surface area contributed by atoms with Crippen molar-refractivity contribution in [2.24, 2.45) is 5.10 Å². The molecule has 0 saturated carbocycles. The lowest BCUT2D eigenvalue weighted by Crippen LogP contribution is -2.38. The van der Waals surface area contributed by atoms with Gasteiger partial charge in [0.1, 0.15) is 6.61 Å². The van der Waals surface area contributed by atoms with E-state index in [4.69, 9.17) is 9.47 Å². The number of anilines is 2. The lowest BCUT2D eigenvalue weighted by molar-refractivity contribution is 0.0320. The second-order valence-electron chi connectivity index (χ2n) is 8.40. The lowest BCUT2D eigenvalue weighted by atomic mass is 10.1. The molecule has 8 nitrogen and oxygen atoms in total. The molecule has 0 amide bonds. The van der Waals surface area contributed by atoms with Crippen LogP contribution >= 0.6 is 0 Å². The normalized spacial score (nSPS) is 14.5. The van der Waals surface area contributed by atoms with E-state index in [2.05, 4.69) is 58.0 Å². The number of nitrogens with zero attached hydrogens (tertiary/aromatic N) is 5. The number of hydrogen-bond acceptors (Lipinski definition) is 8. The summed E-state index contributed by atoms with van der Waals surface area (Å²) < 4.78 is 11.5. The van der Waals surface area contributed by atoms with Gasteiger partial charge in [0.15, 0.2) is 5.82 Å². The Morgan fingerprint density at radius 1 is 1.12 bits per heavy atom. The zero-order valence-electron chi connectivity index (χ0n) is 20.5. The van der Waals surface area contributed by atoms with Crippen LogP contribution in [0, 0.1) is 13.8 Å². The van der Waals surface area contributed by atoms with Crippen molar-refractivity contribution in [2.45, 2.75) is 40.5 Å². The highest BCUT2D eigenvalue weighted by atomic mass is 16.5. The van der Waals surface area contributed by atoms with Gasteiger partial charge in [-0.05, 0) is 43.9 Å². The Bertz CT molecular complexity index is 892. The summed E-state index contributed by atoms with van der Waals surface area (Å²) in [6.45, 7) is 15.4. The molecule has 1 N–H and O–H groups in total. The van der Waals surface area contributed by atoms with Crippen molar-refractivity contribution in [2.75, 3.05) is 62.9 Å². The summed E-state index contributed by atoms with van der Waals surface area (Å²) in [6.07, 6.45) is 5.74. The molecular weight excluding hydrogens is 416 g/mol. The molecule has 0 aliphatic carbocycles. The number of hydrazone groups is 1. The van der Waals surface area contributed by atoms with Crippen LogP contribution in [-0.2, 0) is 4.74 Å². The van der Waals surface area contributed by atoms with Gasteiger partial charge in [-0.25, -0.2) is 0 Å². The second-order valence-corrected chi connectivity index (χ2v) is 8.40. The molecule has 33 heavy (non-hydrogen) atoms. The molecule has 180 valence electrons. The maximum absolute atomic E-state index is 6.07. The highest BCUT2D eigenvalue weighted by molar-refractivity contribution is 5.78. The number of nitrogens with one attached hydrogen (secondary N) is 1. The van der Waals surface area contributed by atoms with E-state index in [1.165, 1.54) is 11.1 Å². The molecule has 1 aliphatic heterocycles. The monoisotopic (exact) mass is 454 g/mol. The molecule has 1 saturated heterocycles. The summed E-state index contributed by atoms with van der Waals surface area (Å²) >= 11 is 0. The lowest BCUT2D eigenvalue weighted by Gasteiger charge is -2.26. The van der Waals surface area contributed by atoms with Crippen LogP contribution in [0.5, 0.6) is 5.88 Å². The average Bonchev–Trinajstić information content (AvgIpc) is 2.82. The van der Waals surface area contributed by atoms with Crippen molar-refractivity contribution in [3.05, 3.63) is 41.2 Å². The first-order valence-electron chi connectivity index (χ1n) is 12.0. The van der Waals surface area contributed by atoms with Gasteiger partial charge < -0.3 is 14.4 Å². The molecule has 2 aromatic heterocycles. The highest BCUT2D eigenvalue weighted by Crippen LogP contribution is 2.24. The Labute approximate surface area is 198 Å². The quantitative estimate of drug-likeness (QED) is 0.385. The van der Waals surface area contributed by atoms with Crippen molar-refractivity contribution in [1.29, 1.82) is 0 Å². The average molecular weight is 455 g/mol. The van der Waals surface area contributed by atoms with E-state index in [1.54, 1.807) is 6.21 Å². The molecule has 3 rings (SSSR count). The second kappa shape index (κ2) is 13.1. The maximum Gasteiger partial charge on any atom is 0.217 e.